The lowest BCUT2D eigenvalue weighted by molar-refractivity contribution is -0.129. The highest BCUT2D eigenvalue weighted by Crippen LogP contribution is 2.10. The second-order valence-electron chi connectivity index (χ2n) is 6.19. The van der Waals surface area contributed by atoms with Gasteiger partial charge in [0.2, 0.25) is 5.91 Å². The molecule has 1 fully saturated rings. The van der Waals surface area contributed by atoms with Gasteiger partial charge >= 0.3 is 0 Å². The number of aliphatic imine (C=N–C) groups is 1. The number of hydrogen-bond acceptors (Lipinski definition) is 3. The second-order valence-corrected chi connectivity index (χ2v) is 6.19. The molecule has 2 N–H and O–H groups in total. The average Bonchev–Trinajstić information content (AvgIpc) is 3.12. The lowest BCUT2D eigenvalue weighted by atomic mass is 10.3. The molecule has 1 heterocycles. The zero-order valence-corrected chi connectivity index (χ0v) is 18.1. The molecule has 26 heavy (non-hydrogen) atoms. The van der Waals surface area contributed by atoms with E-state index in [1.807, 2.05) is 42.2 Å². The van der Waals surface area contributed by atoms with Crippen molar-refractivity contribution < 1.29 is 9.53 Å². The fourth-order valence-corrected chi connectivity index (χ4v) is 2.86. The zero-order valence-electron chi connectivity index (χ0n) is 15.7. The van der Waals surface area contributed by atoms with Crippen LogP contribution in [0.15, 0.2) is 35.3 Å². The van der Waals surface area contributed by atoms with Gasteiger partial charge in [0.1, 0.15) is 5.75 Å². The van der Waals surface area contributed by atoms with Crippen molar-refractivity contribution in [2.24, 2.45) is 4.99 Å². The van der Waals surface area contributed by atoms with Crippen LogP contribution in [0.25, 0.3) is 0 Å². The Morgan fingerprint density at radius 3 is 2.77 bits per heavy atom. The number of guanidine groups is 1. The number of rotatable bonds is 8. The average molecular weight is 474 g/mol. The minimum Gasteiger partial charge on any atom is -0.494 e. The van der Waals surface area contributed by atoms with Gasteiger partial charge in [-0.2, -0.15) is 0 Å². The first-order valence-corrected chi connectivity index (χ1v) is 9.15. The van der Waals surface area contributed by atoms with Crippen molar-refractivity contribution in [1.82, 2.24) is 15.5 Å². The topological polar surface area (TPSA) is 66.0 Å². The number of para-hydroxylation sites is 1. The van der Waals surface area contributed by atoms with Crippen LogP contribution in [-0.4, -0.2) is 56.1 Å². The zero-order chi connectivity index (χ0) is 17.9. The molecule has 1 unspecified atom stereocenters. The molecule has 0 saturated carbocycles. The minimum absolute atomic E-state index is 0. The largest absolute Gasteiger partial charge is 0.494 e. The van der Waals surface area contributed by atoms with Gasteiger partial charge in [-0.3, -0.25) is 9.79 Å². The van der Waals surface area contributed by atoms with Gasteiger partial charge in [-0.05, 0) is 31.4 Å². The molecule has 1 atom stereocenters. The standard InChI is InChI=1S/C19H30N4O2.HI/c1-3-18(24)23-13-11-16(15-23)22-19(20-2)21-12-7-8-14-25-17-9-5-4-6-10-17;/h4-6,9-10,16H,3,7-8,11-15H2,1-2H3,(H2,20,21,22);1H. The molecule has 1 aromatic carbocycles. The van der Waals surface area contributed by atoms with Gasteiger partial charge in [-0.15, -0.1) is 24.0 Å². The summed E-state index contributed by atoms with van der Waals surface area (Å²) in [7, 11) is 1.78. The van der Waals surface area contributed by atoms with Gasteiger partial charge in [0.05, 0.1) is 6.61 Å². The molecule has 1 saturated heterocycles. The molecule has 146 valence electrons. The molecule has 0 aliphatic carbocycles. The van der Waals surface area contributed by atoms with Crippen LogP contribution in [0.1, 0.15) is 32.6 Å². The van der Waals surface area contributed by atoms with Crippen molar-refractivity contribution in [3.63, 3.8) is 0 Å². The van der Waals surface area contributed by atoms with E-state index in [0.717, 1.165) is 50.6 Å². The number of nitrogens with zero attached hydrogens (tertiary/aromatic N) is 2. The molecular formula is C19H31IN4O2. The van der Waals surface area contributed by atoms with E-state index in [9.17, 15) is 4.79 Å². The lowest BCUT2D eigenvalue weighted by Crippen LogP contribution is -2.45. The van der Waals surface area contributed by atoms with E-state index in [2.05, 4.69) is 15.6 Å². The van der Waals surface area contributed by atoms with Gasteiger partial charge in [0.25, 0.3) is 0 Å². The molecule has 0 bridgehead atoms. The van der Waals surface area contributed by atoms with Gasteiger partial charge < -0.3 is 20.3 Å². The van der Waals surface area contributed by atoms with Crippen molar-refractivity contribution in [2.75, 3.05) is 33.3 Å². The third-order valence-electron chi connectivity index (χ3n) is 4.28. The van der Waals surface area contributed by atoms with Crippen molar-refractivity contribution in [3.8, 4) is 5.75 Å². The Balaban J connectivity index is 0.00000338. The molecule has 1 amide bonds. The SMILES string of the molecule is CCC(=O)N1CCC(NC(=NC)NCCCCOc2ccccc2)C1.I. The summed E-state index contributed by atoms with van der Waals surface area (Å²) in [5.74, 6) is 1.95. The summed E-state index contributed by atoms with van der Waals surface area (Å²) in [4.78, 5) is 17.9. The predicted molar refractivity (Wildman–Crippen MR) is 116 cm³/mol. The number of carbonyl (C=O) groups excluding carboxylic acids is 1. The van der Waals surface area contributed by atoms with Crippen LogP contribution in [0, 0.1) is 0 Å². The second kappa shape index (κ2) is 12.8. The Kier molecular flexibility index (Phi) is 11.1. The van der Waals surface area contributed by atoms with E-state index >= 15 is 0 Å². The van der Waals surface area contributed by atoms with Crippen LogP contribution in [0.3, 0.4) is 0 Å². The number of carbonyl (C=O) groups is 1. The molecule has 2 rings (SSSR count). The van der Waals surface area contributed by atoms with Crippen molar-refractivity contribution >= 4 is 35.8 Å². The highest BCUT2D eigenvalue weighted by Gasteiger charge is 2.25. The highest BCUT2D eigenvalue weighted by atomic mass is 127. The Hall–Kier alpha value is -1.51. The van der Waals surface area contributed by atoms with Crippen molar-refractivity contribution in [3.05, 3.63) is 30.3 Å². The third kappa shape index (κ3) is 7.80. The first kappa shape index (κ1) is 22.5. The van der Waals surface area contributed by atoms with Crippen LogP contribution < -0.4 is 15.4 Å². The molecular weight excluding hydrogens is 443 g/mol. The van der Waals surface area contributed by atoms with Gasteiger partial charge in [0.15, 0.2) is 5.96 Å². The molecule has 1 aromatic rings. The maximum Gasteiger partial charge on any atom is 0.222 e. The minimum atomic E-state index is 0. The fraction of sp³-hybridized carbons (Fsp3) is 0.579. The maximum absolute atomic E-state index is 11.7. The molecule has 0 radical (unpaired) electrons. The van der Waals surface area contributed by atoms with Gasteiger partial charge in [-0.1, -0.05) is 25.1 Å². The summed E-state index contributed by atoms with van der Waals surface area (Å²) in [5, 5.41) is 6.74. The Morgan fingerprint density at radius 2 is 2.08 bits per heavy atom. The normalized spacial score (nSPS) is 16.8. The summed E-state index contributed by atoms with van der Waals surface area (Å²) in [5.41, 5.74) is 0. The summed E-state index contributed by atoms with van der Waals surface area (Å²) in [6.45, 7) is 5.07. The number of benzene rings is 1. The van der Waals surface area contributed by atoms with E-state index in [4.69, 9.17) is 4.74 Å². The quantitative estimate of drug-likeness (QED) is 0.263. The monoisotopic (exact) mass is 474 g/mol. The van der Waals surface area contributed by atoms with Crippen molar-refractivity contribution in [1.29, 1.82) is 0 Å². The van der Waals surface area contributed by atoms with Crippen LogP contribution in [0.4, 0.5) is 0 Å². The molecule has 6 nitrogen and oxygen atoms in total. The molecule has 1 aliphatic heterocycles. The van der Waals surface area contributed by atoms with E-state index in [1.54, 1.807) is 7.05 Å². The predicted octanol–water partition coefficient (Wildman–Crippen LogP) is 2.64. The number of nitrogens with one attached hydrogen (secondary N) is 2. The Bertz CT molecular complexity index is 554. The summed E-state index contributed by atoms with van der Waals surface area (Å²) >= 11 is 0. The van der Waals surface area contributed by atoms with Crippen LogP contribution >= 0.6 is 24.0 Å². The van der Waals surface area contributed by atoms with Crippen molar-refractivity contribution in [2.45, 2.75) is 38.6 Å². The number of hydrogen-bond donors (Lipinski definition) is 2. The van der Waals surface area contributed by atoms with Gasteiger partial charge in [-0.25, -0.2) is 0 Å². The molecule has 0 aromatic heterocycles. The Labute approximate surface area is 173 Å². The number of unbranched alkanes of at least 4 members (excludes halogenated alkanes) is 1. The van der Waals surface area contributed by atoms with E-state index in [1.165, 1.54) is 0 Å². The number of ether oxygens (including phenoxy) is 1. The molecule has 0 spiro atoms. The third-order valence-corrected chi connectivity index (χ3v) is 4.28. The summed E-state index contributed by atoms with van der Waals surface area (Å²) in [6, 6.07) is 10.2. The van der Waals surface area contributed by atoms with Crippen LogP contribution in [-0.2, 0) is 4.79 Å². The van der Waals surface area contributed by atoms with Crippen LogP contribution in [0.2, 0.25) is 0 Å². The molecule has 7 heteroatoms. The molecule has 1 aliphatic rings. The lowest BCUT2D eigenvalue weighted by Gasteiger charge is -2.18. The number of amides is 1. The van der Waals surface area contributed by atoms with E-state index in [0.29, 0.717) is 13.0 Å². The number of halogens is 1. The number of likely N-dealkylation sites (tertiary alicyclic amines) is 1. The first-order valence-electron chi connectivity index (χ1n) is 9.15. The Morgan fingerprint density at radius 1 is 1.31 bits per heavy atom. The van der Waals surface area contributed by atoms with E-state index < -0.39 is 0 Å². The smallest absolute Gasteiger partial charge is 0.222 e. The summed E-state index contributed by atoms with van der Waals surface area (Å²) < 4.78 is 5.68. The fourth-order valence-electron chi connectivity index (χ4n) is 2.86. The van der Waals surface area contributed by atoms with Crippen LogP contribution in [0.5, 0.6) is 5.75 Å². The summed E-state index contributed by atoms with van der Waals surface area (Å²) in [6.07, 6.45) is 3.54. The van der Waals surface area contributed by atoms with Gasteiger partial charge in [0, 0.05) is 39.1 Å². The maximum atomic E-state index is 11.7. The first-order chi connectivity index (χ1) is 12.2. The highest BCUT2D eigenvalue weighted by molar-refractivity contribution is 14.0. The van der Waals surface area contributed by atoms with E-state index in [-0.39, 0.29) is 35.9 Å².